The second kappa shape index (κ2) is 4.15. The van der Waals surface area contributed by atoms with E-state index < -0.39 is 17.3 Å². The van der Waals surface area contributed by atoms with Crippen molar-refractivity contribution in [2.75, 3.05) is 11.5 Å². The van der Waals surface area contributed by atoms with Crippen LogP contribution in [0, 0.1) is 23.5 Å². The van der Waals surface area contributed by atoms with Crippen molar-refractivity contribution < 1.29 is 8.78 Å². The van der Waals surface area contributed by atoms with Gasteiger partial charge in [-0.15, -0.1) is 0 Å². The summed E-state index contributed by atoms with van der Waals surface area (Å²) in [7, 11) is 0. The number of anilines is 1. The lowest BCUT2D eigenvalue weighted by Crippen LogP contribution is -1.96. The molecule has 0 bridgehead atoms. The number of nitrogens with two attached hydrogens (primary N) is 1. The Balaban J connectivity index is 3.13. The van der Waals surface area contributed by atoms with Crippen LogP contribution >= 0.6 is 12.6 Å². The monoisotopic (exact) mass is 199 g/mol. The lowest BCUT2D eigenvalue weighted by molar-refractivity contribution is 0.591. The normalized spacial score (nSPS) is 9.15. The van der Waals surface area contributed by atoms with Crippen LogP contribution in [0.25, 0.3) is 0 Å². The SMILES string of the molecule is Nc1c(F)cc(C#CCS)cc1F. The first-order valence-corrected chi connectivity index (χ1v) is 4.12. The molecular formula is C9H7F2NS. The number of hydrogen-bond donors (Lipinski definition) is 2. The van der Waals surface area contributed by atoms with Crippen LogP contribution in [0.5, 0.6) is 0 Å². The largest absolute Gasteiger partial charge is 0.394 e. The molecule has 0 amide bonds. The summed E-state index contributed by atoms with van der Waals surface area (Å²) < 4.78 is 25.6. The third kappa shape index (κ3) is 2.36. The second-order valence-corrected chi connectivity index (χ2v) is 2.63. The standard InChI is InChI=1S/C9H7F2NS/c10-7-4-6(2-1-3-13)5-8(11)9(7)12/h4-5,13H,3,12H2. The van der Waals surface area contributed by atoms with Crippen molar-refractivity contribution >= 4 is 18.3 Å². The molecule has 0 fully saturated rings. The van der Waals surface area contributed by atoms with Gasteiger partial charge in [0.1, 0.15) is 17.3 Å². The van der Waals surface area contributed by atoms with Crippen LogP contribution < -0.4 is 5.73 Å². The molecule has 68 valence electrons. The number of hydrogen-bond acceptors (Lipinski definition) is 2. The molecule has 0 radical (unpaired) electrons. The summed E-state index contributed by atoms with van der Waals surface area (Å²) in [6.45, 7) is 0. The molecule has 2 N–H and O–H groups in total. The van der Waals surface area contributed by atoms with Crippen LogP contribution in [0.1, 0.15) is 5.56 Å². The number of benzene rings is 1. The minimum Gasteiger partial charge on any atom is -0.394 e. The number of halogens is 2. The van der Waals surface area contributed by atoms with Crippen molar-refractivity contribution in [3.8, 4) is 11.8 Å². The maximum absolute atomic E-state index is 12.8. The van der Waals surface area contributed by atoms with E-state index >= 15 is 0 Å². The molecule has 0 saturated carbocycles. The van der Waals surface area contributed by atoms with Gasteiger partial charge in [0.15, 0.2) is 0 Å². The molecule has 0 heterocycles. The Hall–Kier alpha value is -1.21. The molecule has 0 aliphatic carbocycles. The second-order valence-electron chi connectivity index (χ2n) is 2.31. The maximum atomic E-state index is 12.8. The van der Waals surface area contributed by atoms with Gasteiger partial charge in [-0.05, 0) is 12.1 Å². The fraction of sp³-hybridized carbons (Fsp3) is 0.111. The van der Waals surface area contributed by atoms with E-state index in [2.05, 4.69) is 24.5 Å². The van der Waals surface area contributed by atoms with Crippen molar-refractivity contribution in [2.45, 2.75) is 0 Å². The molecule has 0 aromatic heterocycles. The van der Waals surface area contributed by atoms with Crippen molar-refractivity contribution in [1.82, 2.24) is 0 Å². The molecule has 4 heteroatoms. The number of nitrogen functional groups attached to an aromatic ring is 1. The molecular weight excluding hydrogens is 192 g/mol. The van der Waals surface area contributed by atoms with Gasteiger partial charge in [0.25, 0.3) is 0 Å². The molecule has 0 aliphatic rings. The van der Waals surface area contributed by atoms with E-state index in [-0.39, 0.29) is 5.56 Å². The summed E-state index contributed by atoms with van der Waals surface area (Å²) in [6.07, 6.45) is 0. The first-order chi connectivity index (χ1) is 6.15. The summed E-state index contributed by atoms with van der Waals surface area (Å²) in [5.41, 5.74) is 4.85. The zero-order chi connectivity index (χ0) is 9.84. The van der Waals surface area contributed by atoms with Gasteiger partial charge in [0, 0.05) is 5.56 Å². The van der Waals surface area contributed by atoms with Gasteiger partial charge in [-0.1, -0.05) is 11.8 Å². The maximum Gasteiger partial charge on any atom is 0.150 e. The zero-order valence-corrected chi connectivity index (χ0v) is 7.54. The molecule has 13 heavy (non-hydrogen) atoms. The Labute approximate surface area is 80.4 Å². The van der Waals surface area contributed by atoms with Crippen molar-refractivity contribution in [1.29, 1.82) is 0 Å². The molecule has 1 aromatic carbocycles. The van der Waals surface area contributed by atoms with Gasteiger partial charge in [-0.3, -0.25) is 0 Å². The molecule has 0 saturated heterocycles. The highest BCUT2D eigenvalue weighted by atomic mass is 32.1. The minimum atomic E-state index is -0.788. The molecule has 1 nitrogen and oxygen atoms in total. The van der Waals surface area contributed by atoms with Gasteiger partial charge < -0.3 is 5.73 Å². The quantitative estimate of drug-likeness (QED) is 0.372. The fourth-order valence-corrected chi connectivity index (χ4v) is 0.877. The van der Waals surface area contributed by atoms with Gasteiger partial charge in [-0.2, -0.15) is 12.6 Å². The summed E-state index contributed by atoms with van der Waals surface area (Å²) in [5.74, 6) is 3.88. The first-order valence-electron chi connectivity index (χ1n) is 3.49. The van der Waals surface area contributed by atoms with Gasteiger partial charge in [0.05, 0.1) is 5.75 Å². The third-order valence-corrected chi connectivity index (χ3v) is 1.55. The first kappa shape index (κ1) is 9.87. The Morgan fingerprint density at radius 1 is 1.31 bits per heavy atom. The van der Waals surface area contributed by atoms with E-state index in [1.54, 1.807) is 0 Å². The van der Waals surface area contributed by atoms with E-state index in [1.807, 2.05) is 0 Å². The highest BCUT2D eigenvalue weighted by Gasteiger charge is 2.05. The summed E-state index contributed by atoms with van der Waals surface area (Å²) in [5, 5.41) is 0. The van der Waals surface area contributed by atoms with E-state index in [1.165, 1.54) is 0 Å². The minimum absolute atomic E-state index is 0.262. The number of thiol groups is 1. The highest BCUT2D eigenvalue weighted by molar-refractivity contribution is 7.80. The molecule has 0 aliphatic heterocycles. The molecule has 1 rings (SSSR count). The van der Waals surface area contributed by atoms with Crippen molar-refractivity contribution in [3.05, 3.63) is 29.3 Å². The van der Waals surface area contributed by atoms with Crippen LogP contribution in [0.4, 0.5) is 14.5 Å². The average molecular weight is 199 g/mol. The number of rotatable bonds is 0. The molecule has 1 aromatic rings. The molecule has 0 atom stereocenters. The summed E-state index contributed by atoms with van der Waals surface area (Å²) >= 11 is 3.84. The highest BCUT2D eigenvalue weighted by Crippen LogP contribution is 2.16. The third-order valence-electron chi connectivity index (χ3n) is 1.39. The van der Waals surface area contributed by atoms with Crippen LogP contribution in [-0.2, 0) is 0 Å². The molecule has 0 unspecified atom stereocenters. The van der Waals surface area contributed by atoms with E-state index in [9.17, 15) is 8.78 Å². The van der Waals surface area contributed by atoms with E-state index in [4.69, 9.17) is 5.73 Å². The van der Waals surface area contributed by atoms with Crippen LogP contribution in [0.3, 0.4) is 0 Å². The van der Waals surface area contributed by atoms with E-state index in [0.717, 1.165) is 12.1 Å². The fourth-order valence-electron chi connectivity index (χ4n) is 0.798. The summed E-state index contributed by atoms with van der Waals surface area (Å²) in [4.78, 5) is 0. The van der Waals surface area contributed by atoms with Crippen molar-refractivity contribution in [3.63, 3.8) is 0 Å². The lowest BCUT2D eigenvalue weighted by Gasteiger charge is -1.98. The predicted octanol–water partition coefficient (Wildman–Crippen LogP) is 1.83. The Kier molecular flexibility index (Phi) is 3.15. The Morgan fingerprint density at radius 2 is 1.85 bits per heavy atom. The summed E-state index contributed by atoms with van der Waals surface area (Å²) in [6, 6.07) is 2.18. The van der Waals surface area contributed by atoms with Gasteiger partial charge in [-0.25, -0.2) is 8.78 Å². The smallest absolute Gasteiger partial charge is 0.150 e. The Bertz CT molecular complexity index is 356. The van der Waals surface area contributed by atoms with Gasteiger partial charge >= 0.3 is 0 Å². The van der Waals surface area contributed by atoms with E-state index in [0.29, 0.717) is 5.75 Å². The average Bonchev–Trinajstić information content (AvgIpc) is 2.10. The van der Waals surface area contributed by atoms with Crippen molar-refractivity contribution in [2.24, 2.45) is 0 Å². The zero-order valence-electron chi connectivity index (χ0n) is 6.64. The molecule has 0 spiro atoms. The van der Waals surface area contributed by atoms with Gasteiger partial charge in [0.2, 0.25) is 0 Å². The lowest BCUT2D eigenvalue weighted by atomic mass is 10.2. The van der Waals surface area contributed by atoms with Crippen LogP contribution in [-0.4, -0.2) is 5.75 Å². The van der Waals surface area contributed by atoms with Crippen LogP contribution in [0.15, 0.2) is 12.1 Å². The van der Waals surface area contributed by atoms with Crippen LogP contribution in [0.2, 0.25) is 0 Å². The predicted molar refractivity (Wildman–Crippen MR) is 51.5 cm³/mol. The Morgan fingerprint density at radius 3 is 2.31 bits per heavy atom. The topological polar surface area (TPSA) is 26.0 Å².